The van der Waals surface area contributed by atoms with Crippen molar-refractivity contribution >= 4 is 0 Å². The van der Waals surface area contributed by atoms with Gasteiger partial charge in [-0.1, -0.05) is 53.2 Å². The van der Waals surface area contributed by atoms with E-state index in [-0.39, 0.29) is 11.2 Å². The van der Waals surface area contributed by atoms with Gasteiger partial charge in [-0.25, -0.2) is 4.79 Å². The molecule has 0 saturated carbocycles. The molecule has 0 saturated heterocycles. The molecule has 4 heteroatoms. The molecule has 1 heterocycles. The molecule has 22 heavy (non-hydrogen) atoms. The maximum Gasteiger partial charge on any atom is 0.426 e. The molecule has 1 aromatic heterocycles. The molecule has 0 aliphatic heterocycles. The lowest BCUT2D eigenvalue weighted by atomic mass is 9.59. The number of fused-ring (bicyclic) bond motifs is 1. The summed E-state index contributed by atoms with van der Waals surface area (Å²) in [4.78, 5) is 11.6. The van der Waals surface area contributed by atoms with E-state index in [0.717, 1.165) is 12.8 Å². The average Bonchev–Trinajstić information content (AvgIpc) is 3.02. The number of aromatic nitrogens is 2. The standard InChI is InChI=1S/C18H14N2O2/c21-17-11-20(19-22-17)18-10-9-12(13-5-1-3-7-15(13)18)14-6-2-4-8-16(14)18/h1-8,11-12H,9-10H2/p+1. The lowest BCUT2D eigenvalue weighted by Crippen LogP contribution is -2.63. The Morgan fingerprint density at radius 2 is 1.68 bits per heavy atom. The Morgan fingerprint density at radius 3 is 2.27 bits per heavy atom. The number of hydrogen-bond donors (Lipinski definition) is 1. The number of benzene rings is 2. The van der Waals surface area contributed by atoms with Crippen LogP contribution in [0.2, 0.25) is 0 Å². The number of hydrogen-bond acceptors (Lipinski definition) is 2. The zero-order valence-corrected chi connectivity index (χ0v) is 12.0. The van der Waals surface area contributed by atoms with Crippen molar-refractivity contribution < 1.29 is 9.20 Å². The van der Waals surface area contributed by atoms with E-state index in [0.29, 0.717) is 5.92 Å². The molecule has 4 nitrogen and oxygen atoms in total. The van der Waals surface area contributed by atoms with Crippen molar-refractivity contribution in [3.05, 3.63) is 87.4 Å². The Hall–Kier alpha value is -2.62. The predicted octanol–water partition coefficient (Wildman–Crippen LogP) is 2.29. The molecule has 0 amide bonds. The van der Waals surface area contributed by atoms with Crippen LogP contribution in [-0.2, 0) is 5.54 Å². The van der Waals surface area contributed by atoms with Crippen molar-refractivity contribution in [3.63, 3.8) is 0 Å². The van der Waals surface area contributed by atoms with Crippen molar-refractivity contribution in [3.8, 4) is 0 Å². The molecule has 0 atom stereocenters. The lowest BCUT2D eigenvalue weighted by Gasteiger charge is -2.43. The van der Waals surface area contributed by atoms with Gasteiger partial charge in [0.1, 0.15) is 0 Å². The highest BCUT2D eigenvalue weighted by molar-refractivity contribution is 5.56. The first-order chi connectivity index (χ1) is 10.8. The first kappa shape index (κ1) is 12.0. The number of aromatic amines is 1. The topological polar surface area (TPSA) is 49.9 Å². The molecule has 2 aromatic carbocycles. The van der Waals surface area contributed by atoms with Crippen LogP contribution in [0.25, 0.3) is 0 Å². The van der Waals surface area contributed by atoms with E-state index >= 15 is 0 Å². The zero-order chi connectivity index (χ0) is 14.7. The predicted molar refractivity (Wildman–Crippen MR) is 79.7 cm³/mol. The van der Waals surface area contributed by atoms with E-state index in [1.54, 1.807) is 0 Å². The van der Waals surface area contributed by atoms with Crippen LogP contribution in [0.5, 0.6) is 0 Å². The maximum atomic E-state index is 11.6. The summed E-state index contributed by atoms with van der Waals surface area (Å²) in [6.07, 6.45) is 3.57. The van der Waals surface area contributed by atoms with Crippen LogP contribution < -0.4 is 10.3 Å². The molecule has 0 unspecified atom stereocenters. The Bertz CT molecular complexity index is 890. The SMILES string of the molecule is O=c1c[n+](C23CCC(c4ccccc42)c2ccccc23)[nH]o1. The van der Waals surface area contributed by atoms with Gasteiger partial charge >= 0.3 is 5.63 Å². The summed E-state index contributed by atoms with van der Waals surface area (Å²) >= 11 is 0. The van der Waals surface area contributed by atoms with Crippen LogP contribution in [0.4, 0.5) is 0 Å². The van der Waals surface area contributed by atoms with E-state index in [2.05, 4.69) is 53.8 Å². The Balaban J connectivity index is 1.93. The lowest BCUT2D eigenvalue weighted by molar-refractivity contribution is -0.806. The summed E-state index contributed by atoms with van der Waals surface area (Å²) in [5.41, 5.74) is 4.55. The molecule has 3 aromatic rings. The second-order valence-electron chi connectivity index (χ2n) is 6.14. The molecular formula is C18H15N2O2+. The first-order valence-electron chi connectivity index (χ1n) is 7.60. The highest BCUT2D eigenvalue weighted by Crippen LogP contribution is 2.54. The van der Waals surface area contributed by atoms with Gasteiger partial charge in [0.05, 0.1) is 0 Å². The maximum absolute atomic E-state index is 11.6. The quantitative estimate of drug-likeness (QED) is 0.699. The monoisotopic (exact) mass is 291 g/mol. The van der Waals surface area contributed by atoms with Crippen LogP contribution in [0.15, 0.2) is 64.0 Å². The Labute approximate surface area is 127 Å². The third kappa shape index (κ3) is 1.28. The number of H-pyrrole nitrogens is 1. The normalized spacial score (nSPS) is 24.8. The largest absolute Gasteiger partial charge is 0.426 e. The first-order valence-corrected chi connectivity index (χ1v) is 7.60. The van der Waals surface area contributed by atoms with Gasteiger partial charge in [-0.2, -0.15) is 0 Å². The minimum Gasteiger partial charge on any atom is -0.284 e. The van der Waals surface area contributed by atoms with E-state index < -0.39 is 0 Å². The Morgan fingerprint density at radius 1 is 1.05 bits per heavy atom. The fourth-order valence-corrected chi connectivity index (χ4v) is 4.42. The van der Waals surface area contributed by atoms with Gasteiger partial charge in [-0.3, -0.25) is 4.52 Å². The molecule has 0 spiro atoms. The highest BCUT2D eigenvalue weighted by atomic mass is 16.5. The second kappa shape index (κ2) is 3.97. The summed E-state index contributed by atoms with van der Waals surface area (Å²) in [5, 5.41) is 2.80. The minimum absolute atomic E-state index is 0.350. The van der Waals surface area contributed by atoms with Crippen LogP contribution in [0.3, 0.4) is 0 Å². The molecule has 108 valence electrons. The van der Waals surface area contributed by atoms with E-state index in [4.69, 9.17) is 4.52 Å². The molecule has 6 rings (SSSR count). The molecule has 2 bridgehead atoms. The van der Waals surface area contributed by atoms with Crippen molar-refractivity contribution in [2.45, 2.75) is 24.3 Å². The van der Waals surface area contributed by atoms with E-state index in [1.165, 1.54) is 28.5 Å². The van der Waals surface area contributed by atoms with Crippen molar-refractivity contribution in [2.75, 3.05) is 0 Å². The highest BCUT2D eigenvalue weighted by Gasteiger charge is 2.56. The minimum atomic E-state index is -0.367. The summed E-state index contributed by atoms with van der Waals surface area (Å²) in [6.45, 7) is 0. The summed E-state index contributed by atoms with van der Waals surface area (Å²) in [5.74, 6) is 0.452. The zero-order valence-electron chi connectivity index (χ0n) is 12.0. The summed E-state index contributed by atoms with van der Waals surface area (Å²) < 4.78 is 6.82. The fourth-order valence-electron chi connectivity index (χ4n) is 4.42. The summed E-state index contributed by atoms with van der Waals surface area (Å²) in [7, 11) is 0. The number of nitrogens with zero attached hydrogens (tertiary/aromatic N) is 1. The van der Waals surface area contributed by atoms with E-state index in [9.17, 15) is 4.79 Å². The average molecular weight is 291 g/mol. The smallest absolute Gasteiger partial charge is 0.284 e. The van der Waals surface area contributed by atoms with Crippen LogP contribution in [0, 0.1) is 0 Å². The number of rotatable bonds is 1. The fraction of sp³-hybridized carbons (Fsp3) is 0.222. The van der Waals surface area contributed by atoms with Crippen molar-refractivity contribution in [2.24, 2.45) is 0 Å². The second-order valence-corrected chi connectivity index (χ2v) is 6.14. The molecule has 0 radical (unpaired) electrons. The van der Waals surface area contributed by atoms with Gasteiger partial charge in [0, 0.05) is 23.5 Å². The van der Waals surface area contributed by atoms with Gasteiger partial charge in [0.25, 0.3) is 6.20 Å². The van der Waals surface area contributed by atoms with Gasteiger partial charge in [-0.05, 0) is 22.8 Å². The van der Waals surface area contributed by atoms with Gasteiger partial charge in [0.2, 0.25) is 5.54 Å². The molecular weight excluding hydrogens is 276 g/mol. The molecule has 3 aliphatic carbocycles. The van der Waals surface area contributed by atoms with Crippen LogP contribution in [-0.4, -0.2) is 5.27 Å². The third-order valence-electron chi connectivity index (χ3n) is 5.25. The summed E-state index contributed by atoms with van der Waals surface area (Å²) in [6, 6.07) is 17.1. The Kier molecular flexibility index (Phi) is 2.16. The van der Waals surface area contributed by atoms with Crippen molar-refractivity contribution in [1.82, 2.24) is 5.27 Å². The van der Waals surface area contributed by atoms with Crippen LogP contribution in [0.1, 0.15) is 41.0 Å². The third-order valence-corrected chi connectivity index (χ3v) is 5.25. The molecule has 0 fully saturated rings. The van der Waals surface area contributed by atoms with E-state index in [1.807, 2.05) is 4.68 Å². The van der Waals surface area contributed by atoms with Gasteiger partial charge in [-0.15, -0.1) is 0 Å². The molecule has 1 N–H and O–H groups in total. The van der Waals surface area contributed by atoms with Gasteiger partial charge in [0.15, 0.2) is 0 Å². The van der Waals surface area contributed by atoms with Crippen LogP contribution >= 0.6 is 0 Å². The van der Waals surface area contributed by atoms with Crippen molar-refractivity contribution in [1.29, 1.82) is 0 Å². The molecule has 3 aliphatic rings. The van der Waals surface area contributed by atoms with Gasteiger partial charge < -0.3 is 0 Å². The number of nitrogens with one attached hydrogen (secondary N) is 1.